The second-order valence-corrected chi connectivity index (χ2v) is 8.46. The molecule has 0 aliphatic carbocycles. The molecule has 1 aliphatic heterocycles. The van der Waals surface area contributed by atoms with Crippen LogP contribution in [0.15, 0.2) is 64.8 Å². The first-order chi connectivity index (χ1) is 14.2. The van der Waals surface area contributed by atoms with Crippen LogP contribution < -0.4 is 4.90 Å². The Hall–Kier alpha value is -2.66. The minimum absolute atomic E-state index is 0.254. The molecule has 0 bridgehead atoms. The molecule has 4 nitrogen and oxygen atoms in total. The minimum Gasteiger partial charge on any atom is -0.326 e. The third-order valence-electron chi connectivity index (χ3n) is 5.20. The molecule has 0 amide bonds. The molecule has 0 N–H and O–H groups in total. The Morgan fingerprint density at radius 3 is 2.83 bits per heavy atom. The highest BCUT2D eigenvalue weighted by molar-refractivity contribution is 7.99. The Morgan fingerprint density at radius 1 is 1.14 bits per heavy atom. The van der Waals surface area contributed by atoms with Crippen molar-refractivity contribution < 1.29 is 4.79 Å². The predicted molar refractivity (Wildman–Crippen MR) is 118 cm³/mol. The number of rotatable bonds is 7. The lowest BCUT2D eigenvalue weighted by Gasteiger charge is -2.19. The van der Waals surface area contributed by atoms with Gasteiger partial charge >= 0.3 is 0 Å². The predicted octanol–water partition coefficient (Wildman–Crippen LogP) is 6.00. The van der Waals surface area contributed by atoms with Crippen LogP contribution in [0.1, 0.15) is 47.7 Å². The number of benzene rings is 2. The number of Topliss-reactive ketones (excluding diaryl/α,β-unsaturated/α-hetero) is 1. The third-order valence-corrected chi connectivity index (χ3v) is 6.12. The van der Waals surface area contributed by atoms with Crippen molar-refractivity contribution in [2.75, 3.05) is 11.4 Å². The van der Waals surface area contributed by atoms with Gasteiger partial charge in [-0.15, -0.1) is 0 Å². The van der Waals surface area contributed by atoms with Gasteiger partial charge < -0.3 is 4.90 Å². The Morgan fingerprint density at radius 2 is 2.00 bits per heavy atom. The first kappa shape index (κ1) is 19.6. The number of ketones is 1. The molecule has 2 heterocycles. The number of unbranched alkanes of at least 4 members (excludes halogenated alkanes) is 1. The van der Waals surface area contributed by atoms with Crippen LogP contribution in [0, 0.1) is 6.92 Å². The molecule has 1 aromatic heterocycles. The van der Waals surface area contributed by atoms with Crippen molar-refractivity contribution >= 4 is 29.1 Å². The SMILES string of the molecule is CCCCC(=O)c1cccc2c1CCN2c1cc(Sc2cccc(C)c2)ncn1. The van der Waals surface area contributed by atoms with E-state index in [1.165, 1.54) is 10.5 Å². The number of hydrogen-bond acceptors (Lipinski definition) is 5. The van der Waals surface area contributed by atoms with E-state index in [0.717, 1.165) is 53.5 Å². The van der Waals surface area contributed by atoms with E-state index in [0.29, 0.717) is 6.42 Å². The Balaban J connectivity index is 1.59. The number of carbonyl (C=O) groups is 1. The van der Waals surface area contributed by atoms with Gasteiger partial charge in [0.25, 0.3) is 0 Å². The van der Waals surface area contributed by atoms with Gasteiger partial charge in [-0.3, -0.25) is 4.79 Å². The van der Waals surface area contributed by atoms with Crippen LogP contribution in [0.2, 0.25) is 0 Å². The van der Waals surface area contributed by atoms with Crippen LogP contribution in [-0.4, -0.2) is 22.3 Å². The molecule has 0 saturated heterocycles. The van der Waals surface area contributed by atoms with Crippen LogP contribution >= 0.6 is 11.8 Å². The smallest absolute Gasteiger partial charge is 0.163 e. The van der Waals surface area contributed by atoms with E-state index in [4.69, 9.17) is 0 Å². The number of aromatic nitrogens is 2. The average Bonchev–Trinajstić information content (AvgIpc) is 3.16. The molecule has 29 heavy (non-hydrogen) atoms. The lowest BCUT2D eigenvalue weighted by atomic mass is 9.98. The summed E-state index contributed by atoms with van der Waals surface area (Å²) in [6.07, 6.45) is 5.10. The van der Waals surface area contributed by atoms with E-state index in [9.17, 15) is 4.79 Å². The van der Waals surface area contributed by atoms with Gasteiger partial charge in [-0.05, 0) is 43.5 Å². The lowest BCUT2D eigenvalue weighted by Crippen LogP contribution is -2.15. The number of aryl methyl sites for hydroxylation is 1. The summed E-state index contributed by atoms with van der Waals surface area (Å²) in [6.45, 7) is 5.04. The summed E-state index contributed by atoms with van der Waals surface area (Å²) in [4.78, 5) is 25.0. The summed E-state index contributed by atoms with van der Waals surface area (Å²) in [6, 6.07) is 16.5. The third kappa shape index (κ3) is 4.35. The van der Waals surface area contributed by atoms with Crippen LogP contribution in [-0.2, 0) is 6.42 Å². The van der Waals surface area contributed by atoms with Gasteiger partial charge in [0.15, 0.2) is 5.78 Å². The Labute approximate surface area is 176 Å². The zero-order valence-corrected chi connectivity index (χ0v) is 17.7. The van der Waals surface area contributed by atoms with Crippen LogP contribution in [0.5, 0.6) is 0 Å². The fraction of sp³-hybridized carbons (Fsp3) is 0.292. The quantitative estimate of drug-likeness (QED) is 0.357. The van der Waals surface area contributed by atoms with Crippen LogP contribution in [0.25, 0.3) is 0 Å². The number of nitrogens with zero attached hydrogens (tertiary/aromatic N) is 3. The molecule has 3 aromatic rings. The van der Waals surface area contributed by atoms with E-state index in [-0.39, 0.29) is 5.78 Å². The largest absolute Gasteiger partial charge is 0.326 e. The number of fused-ring (bicyclic) bond motifs is 1. The summed E-state index contributed by atoms with van der Waals surface area (Å²) in [5, 5.41) is 0.921. The highest BCUT2D eigenvalue weighted by atomic mass is 32.2. The fourth-order valence-corrected chi connectivity index (χ4v) is 4.64. The first-order valence-electron chi connectivity index (χ1n) is 10.1. The second kappa shape index (κ2) is 8.78. The molecule has 148 valence electrons. The summed E-state index contributed by atoms with van der Waals surface area (Å²) >= 11 is 1.64. The standard InChI is InChI=1S/C24H25N3OS/c1-3-4-11-22(28)20-9-6-10-21-19(20)12-13-27(21)23-15-24(26-16-25-23)29-18-8-5-7-17(2)14-18/h5-10,14-16H,3-4,11-13H2,1-2H3. The summed E-state index contributed by atoms with van der Waals surface area (Å²) in [5.41, 5.74) is 4.36. The lowest BCUT2D eigenvalue weighted by molar-refractivity contribution is 0.0979. The molecule has 5 heteroatoms. The van der Waals surface area contributed by atoms with Gasteiger partial charge in [0.2, 0.25) is 0 Å². The van der Waals surface area contributed by atoms with E-state index < -0.39 is 0 Å². The highest BCUT2D eigenvalue weighted by Crippen LogP contribution is 2.37. The molecule has 0 unspecified atom stereocenters. The van der Waals surface area contributed by atoms with E-state index >= 15 is 0 Å². The van der Waals surface area contributed by atoms with E-state index in [2.05, 4.69) is 59.0 Å². The van der Waals surface area contributed by atoms with Crippen molar-refractivity contribution in [1.29, 1.82) is 0 Å². The van der Waals surface area contributed by atoms with Gasteiger partial charge in [0, 0.05) is 35.2 Å². The van der Waals surface area contributed by atoms with E-state index in [1.54, 1.807) is 18.1 Å². The van der Waals surface area contributed by atoms with Gasteiger partial charge in [-0.1, -0.05) is 54.9 Å². The van der Waals surface area contributed by atoms with E-state index in [1.807, 2.05) is 18.2 Å². The number of carbonyl (C=O) groups excluding carboxylic acids is 1. The molecule has 0 saturated carbocycles. The number of anilines is 2. The molecular formula is C24H25N3OS. The van der Waals surface area contributed by atoms with Crippen molar-refractivity contribution in [3.63, 3.8) is 0 Å². The second-order valence-electron chi connectivity index (χ2n) is 7.36. The fourth-order valence-electron chi connectivity index (χ4n) is 3.74. The van der Waals surface area contributed by atoms with Crippen molar-refractivity contribution in [3.05, 3.63) is 71.5 Å². The van der Waals surface area contributed by atoms with Crippen molar-refractivity contribution in [2.45, 2.75) is 49.5 Å². The molecule has 4 rings (SSSR count). The normalized spacial score (nSPS) is 12.8. The van der Waals surface area contributed by atoms with Gasteiger partial charge in [-0.2, -0.15) is 0 Å². The van der Waals surface area contributed by atoms with Crippen molar-refractivity contribution in [1.82, 2.24) is 9.97 Å². The molecule has 0 radical (unpaired) electrons. The number of hydrogen-bond donors (Lipinski definition) is 0. The molecular weight excluding hydrogens is 378 g/mol. The molecule has 2 aromatic carbocycles. The molecule has 0 spiro atoms. The maximum absolute atomic E-state index is 12.6. The maximum atomic E-state index is 12.6. The Bertz CT molecular complexity index is 1030. The topological polar surface area (TPSA) is 46.1 Å². The first-order valence-corrected chi connectivity index (χ1v) is 11.0. The summed E-state index contributed by atoms with van der Waals surface area (Å²) in [7, 11) is 0. The summed E-state index contributed by atoms with van der Waals surface area (Å²) < 4.78 is 0. The molecule has 0 fully saturated rings. The van der Waals surface area contributed by atoms with Crippen LogP contribution in [0.4, 0.5) is 11.5 Å². The van der Waals surface area contributed by atoms with Crippen LogP contribution in [0.3, 0.4) is 0 Å². The molecule has 1 aliphatic rings. The zero-order chi connectivity index (χ0) is 20.2. The minimum atomic E-state index is 0.254. The zero-order valence-electron chi connectivity index (χ0n) is 16.9. The van der Waals surface area contributed by atoms with Gasteiger partial charge in [0.1, 0.15) is 17.2 Å². The Kier molecular flexibility index (Phi) is 5.95. The monoisotopic (exact) mass is 403 g/mol. The molecule has 0 atom stereocenters. The van der Waals surface area contributed by atoms with Gasteiger partial charge in [0.05, 0.1) is 0 Å². The highest BCUT2D eigenvalue weighted by Gasteiger charge is 2.26. The summed E-state index contributed by atoms with van der Waals surface area (Å²) in [5.74, 6) is 1.14. The van der Waals surface area contributed by atoms with Gasteiger partial charge in [-0.25, -0.2) is 9.97 Å². The average molecular weight is 404 g/mol. The maximum Gasteiger partial charge on any atom is 0.163 e. The van der Waals surface area contributed by atoms with Crippen molar-refractivity contribution in [3.8, 4) is 0 Å². The van der Waals surface area contributed by atoms with Crippen molar-refractivity contribution in [2.24, 2.45) is 0 Å².